The third-order valence-electron chi connectivity index (χ3n) is 2.36. The van der Waals surface area contributed by atoms with E-state index in [9.17, 15) is 9.59 Å². The van der Waals surface area contributed by atoms with Gasteiger partial charge in [0.25, 0.3) is 0 Å². The zero-order chi connectivity index (χ0) is 14.4. The predicted molar refractivity (Wildman–Crippen MR) is 74.5 cm³/mol. The lowest BCUT2D eigenvalue weighted by Gasteiger charge is -2.01. The number of hydrogen-bond donors (Lipinski definition) is 2. The molecular weight excluding hydrogens is 258 g/mol. The minimum atomic E-state index is -0.416. The van der Waals surface area contributed by atoms with Crippen LogP contribution in [0.5, 0.6) is 0 Å². The number of nitrogens with one attached hydrogen (secondary N) is 2. The number of nitrogens with zero attached hydrogens (tertiary/aromatic N) is 1. The second kappa shape index (κ2) is 6.33. The molecule has 2 rings (SSSR count). The summed E-state index contributed by atoms with van der Waals surface area (Å²) in [7, 11) is 0. The van der Waals surface area contributed by atoms with E-state index >= 15 is 0 Å². The number of hydrazone groups is 1. The van der Waals surface area contributed by atoms with Crippen LogP contribution in [0.2, 0.25) is 0 Å². The average molecular weight is 271 g/mol. The van der Waals surface area contributed by atoms with Crippen molar-refractivity contribution >= 4 is 23.7 Å². The third kappa shape index (κ3) is 3.81. The van der Waals surface area contributed by atoms with Crippen LogP contribution in [0.4, 0.5) is 5.69 Å². The molecule has 0 spiro atoms. The van der Waals surface area contributed by atoms with Gasteiger partial charge in [0.2, 0.25) is 5.91 Å². The summed E-state index contributed by atoms with van der Waals surface area (Å²) >= 11 is 0. The monoisotopic (exact) mass is 271 g/mol. The molecule has 20 heavy (non-hydrogen) atoms. The van der Waals surface area contributed by atoms with Gasteiger partial charge in [-0.2, -0.15) is 5.10 Å². The highest BCUT2D eigenvalue weighted by molar-refractivity contribution is 5.92. The van der Waals surface area contributed by atoms with E-state index in [4.69, 9.17) is 4.42 Å². The molecule has 6 nitrogen and oxygen atoms in total. The summed E-state index contributed by atoms with van der Waals surface area (Å²) in [5, 5.41) is 6.48. The van der Waals surface area contributed by atoms with Gasteiger partial charge in [0, 0.05) is 12.6 Å². The number of anilines is 1. The molecule has 0 aliphatic heterocycles. The second-order valence-corrected chi connectivity index (χ2v) is 3.98. The summed E-state index contributed by atoms with van der Waals surface area (Å²) in [5.41, 5.74) is 3.84. The Hall–Kier alpha value is -2.89. The minimum absolute atomic E-state index is 0.128. The van der Waals surface area contributed by atoms with Gasteiger partial charge in [0.05, 0.1) is 12.5 Å². The fourth-order valence-corrected chi connectivity index (χ4v) is 1.48. The standard InChI is InChI=1S/C14H13N3O3/c1-10(18)16-12-6-4-11(5-7-12)9-15-17-14(19)13-3-2-8-20-13/h2-9H,1H3,(H,16,18)(H,17,19)/b15-9-. The Morgan fingerprint density at radius 1 is 1.20 bits per heavy atom. The van der Waals surface area contributed by atoms with Crippen molar-refractivity contribution in [1.82, 2.24) is 5.43 Å². The highest BCUT2D eigenvalue weighted by Crippen LogP contribution is 2.07. The van der Waals surface area contributed by atoms with Gasteiger partial charge in [0.15, 0.2) is 5.76 Å². The zero-order valence-electron chi connectivity index (χ0n) is 10.8. The van der Waals surface area contributed by atoms with E-state index in [-0.39, 0.29) is 11.7 Å². The molecular formula is C14H13N3O3. The summed E-state index contributed by atoms with van der Waals surface area (Å²) in [5.74, 6) is -0.346. The zero-order valence-corrected chi connectivity index (χ0v) is 10.8. The van der Waals surface area contributed by atoms with Crippen molar-refractivity contribution in [2.24, 2.45) is 5.10 Å². The number of benzene rings is 1. The maximum atomic E-state index is 11.5. The highest BCUT2D eigenvalue weighted by atomic mass is 16.3. The summed E-state index contributed by atoms with van der Waals surface area (Å²) in [4.78, 5) is 22.4. The van der Waals surface area contributed by atoms with E-state index in [2.05, 4.69) is 15.8 Å². The summed E-state index contributed by atoms with van der Waals surface area (Å²) < 4.78 is 4.92. The maximum Gasteiger partial charge on any atom is 0.307 e. The molecule has 0 radical (unpaired) electrons. The van der Waals surface area contributed by atoms with Crippen LogP contribution in [-0.2, 0) is 4.79 Å². The molecule has 1 aromatic carbocycles. The Morgan fingerprint density at radius 2 is 1.95 bits per heavy atom. The van der Waals surface area contributed by atoms with Gasteiger partial charge < -0.3 is 9.73 Å². The van der Waals surface area contributed by atoms with E-state index in [0.717, 1.165) is 5.56 Å². The van der Waals surface area contributed by atoms with Crippen molar-refractivity contribution in [3.05, 3.63) is 54.0 Å². The van der Waals surface area contributed by atoms with Gasteiger partial charge in [-0.05, 0) is 29.8 Å². The van der Waals surface area contributed by atoms with Gasteiger partial charge in [-0.15, -0.1) is 0 Å². The third-order valence-corrected chi connectivity index (χ3v) is 2.36. The van der Waals surface area contributed by atoms with E-state index in [1.807, 2.05) is 0 Å². The molecule has 0 aliphatic rings. The Balaban J connectivity index is 1.91. The number of furan rings is 1. The van der Waals surface area contributed by atoms with Crippen molar-refractivity contribution in [3.63, 3.8) is 0 Å². The molecule has 0 aliphatic carbocycles. The molecule has 102 valence electrons. The van der Waals surface area contributed by atoms with Crippen molar-refractivity contribution in [2.45, 2.75) is 6.92 Å². The Morgan fingerprint density at radius 3 is 2.55 bits per heavy atom. The Bertz CT molecular complexity index is 616. The largest absolute Gasteiger partial charge is 0.459 e. The van der Waals surface area contributed by atoms with Crippen LogP contribution in [-0.4, -0.2) is 18.0 Å². The molecule has 0 saturated carbocycles. The SMILES string of the molecule is CC(=O)Nc1ccc(/C=N\NC(=O)c2ccco2)cc1. The average Bonchev–Trinajstić information content (AvgIpc) is 2.94. The first-order chi connectivity index (χ1) is 9.65. The minimum Gasteiger partial charge on any atom is -0.459 e. The first-order valence-corrected chi connectivity index (χ1v) is 5.90. The van der Waals surface area contributed by atoms with E-state index in [1.165, 1.54) is 19.4 Å². The fraction of sp³-hybridized carbons (Fsp3) is 0.0714. The van der Waals surface area contributed by atoms with E-state index in [0.29, 0.717) is 5.69 Å². The summed E-state index contributed by atoms with van der Waals surface area (Å²) in [6.07, 6.45) is 2.91. The molecule has 2 N–H and O–H groups in total. The number of hydrogen-bond acceptors (Lipinski definition) is 4. The van der Waals surface area contributed by atoms with Gasteiger partial charge in [-0.25, -0.2) is 5.43 Å². The van der Waals surface area contributed by atoms with Crippen molar-refractivity contribution in [3.8, 4) is 0 Å². The van der Waals surface area contributed by atoms with Crippen LogP contribution in [0.15, 0.2) is 52.2 Å². The summed E-state index contributed by atoms with van der Waals surface area (Å²) in [6.45, 7) is 1.44. The highest BCUT2D eigenvalue weighted by Gasteiger charge is 2.05. The number of rotatable bonds is 4. The van der Waals surface area contributed by atoms with Crippen LogP contribution < -0.4 is 10.7 Å². The van der Waals surface area contributed by atoms with Crippen LogP contribution in [0.1, 0.15) is 23.0 Å². The van der Waals surface area contributed by atoms with Crippen molar-refractivity contribution in [1.29, 1.82) is 0 Å². The van der Waals surface area contributed by atoms with Gasteiger partial charge in [0.1, 0.15) is 0 Å². The molecule has 6 heteroatoms. The van der Waals surface area contributed by atoms with Crippen LogP contribution in [0.25, 0.3) is 0 Å². The Kier molecular flexibility index (Phi) is 4.28. The first-order valence-electron chi connectivity index (χ1n) is 5.90. The molecule has 1 aromatic heterocycles. The van der Waals surface area contributed by atoms with E-state index < -0.39 is 5.91 Å². The smallest absolute Gasteiger partial charge is 0.307 e. The second-order valence-electron chi connectivity index (χ2n) is 3.98. The maximum absolute atomic E-state index is 11.5. The van der Waals surface area contributed by atoms with Crippen LogP contribution >= 0.6 is 0 Å². The Labute approximate surface area is 115 Å². The van der Waals surface area contributed by atoms with Crippen LogP contribution in [0, 0.1) is 0 Å². The fourth-order valence-electron chi connectivity index (χ4n) is 1.48. The topological polar surface area (TPSA) is 83.7 Å². The first kappa shape index (κ1) is 13.5. The number of amides is 2. The lowest BCUT2D eigenvalue weighted by Crippen LogP contribution is -2.16. The molecule has 0 atom stereocenters. The van der Waals surface area contributed by atoms with Crippen molar-refractivity contribution in [2.75, 3.05) is 5.32 Å². The molecule has 0 saturated heterocycles. The van der Waals surface area contributed by atoms with Gasteiger partial charge in [-0.1, -0.05) is 12.1 Å². The molecule has 2 amide bonds. The molecule has 0 bridgehead atoms. The number of carbonyl (C=O) groups excluding carboxylic acids is 2. The normalized spacial score (nSPS) is 10.4. The lowest BCUT2D eigenvalue weighted by molar-refractivity contribution is -0.114. The predicted octanol–water partition coefficient (Wildman–Crippen LogP) is 2.00. The lowest BCUT2D eigenvalue weighted by atomic mass is 10.2. The van der Waals surface area contributed by atoms with E-state index in [1.54, 1.807) is 36.4 Å². The van der Waals surface area contributed by atoms with Gasteiger partial charge in [-0.3, -0.25) is 9.59 Å². The molecule has 1 heterocycles. The molecule has 2 aromatic rings. The summed E-state index contributed by atoms with van der Waals surface area (Å²) in [6, 6.07) is 10.2. The van der Waals surface area contributed by atoms with Gasteiger partial charge >= 0.3 is 5.91 Å². The molecule has 0 unspecified atom stereocenters. The van der Waals surface area contributed by atoms with Crippen molar-refractivity contribution < 1.29 is 14.0 Å². The van der Waals surface area contributed by atoms with Crippen LogP contribution in [0.3, 0.4) is 0 Å². The molecule has 0 fully saturated rings. The number of carbonyl (C=O) groups is 2. The quantitative estimate of drug-likeness (QED) is 0.659.